The van der Waals surface area contributed by atoms with E-state index in [4.69, 9.17) is 4.74 Å². The zero-order chi connectivity index (χ0) is 15.7. The van der Waals surface area contributed by atoms with Gasteiger partial charge in [0.1, 0.15) is 11.7 Å². The highest BCUT2D eigenvalue weighted by molar-refractivity contribution is 5.66. The average molecular weight is 296 g/mol. The lowest BCUT2D eigenvalue weighted by molar-refractivity contribution is -0.216. The number of aliphatic hydroxyl groups is 1. The van der Waals surface area contributed by atoms with E-state index in [9.17, 15) is 9.90 Å². The van der Waals surface area contributed by atoms with Crippen LogP contribution in [0.15, 0.2) is 60.7 Å². The van der Waals surface area contributed by atoms with Gasteiger partial charge in [0.25, 0.3) is 0 Å². The highest BCUT2D eigenvalue weighted by Crippen LogP contribution is 2.57. The summed E-state index contributed by atoms with van der Waals surface area (Å²) in [5.41, 5.74) is 0.820. The van der Waals surface area contributed by atoms with Crippen LogP contribution in [-0.4, -0.2) is 17.2 Å². The molecule has 0 saturated heterocycles. The Balaban J connectivity index is 2.04. The Morgan fingerprint density at radius 2 is 1.59 bits per heavy atom. The molecule has 1 fully saturated rings. The topological polar surface area (TPSA) is 46.5 Å². The molecule has 3 nitrogen and oxygen atoms in total. The molecule has 0 radical (unpaired) electrons. The van der Waals surface area contributed by atoms with Crippen molar-refractivity contribution in [3.63, 3.8) is 0 Å². The third-order valence-corrected chi connectivity index (χ3v) is 4.69. The molecule has 0 bridgehead atoms. The summed E-state index contributed by atoms with van der Waals surface area (Å²) in [4.78, 5) is 11.4. The standard InChI is InChI=1S/C19H20O3/c1-13-18(22-14(2)20)17(15-9-5-3-6-10-15)19(13,21)16-11-7-4-8-12-16/h3-13,17-18,21H,1-2H3/t13-,17-,18-,19+/m0/s1. The molecule has 114 valence electrons. The van der Waals surface area contributed by atoms with Crippen LogP contribution in [0.2, 0.25) is 0 Å². The van der Waals surface area contributed by atoms with Crippen LogP contribution in [0.5, 0.6) is 0 Å². The highest BCUT2D eigenvalue weighted by atomic mass is 16.5. The Hall–Kier alpha value is -2.13. The van der Waals surface area contributed by atoms with Gasteiger partial charge in [0.05, 0.1) is 5.92 Å². The maximum atomic E-state index is 11.4. The molecule has 0 heterocycles. The first-order chi connectivity index (χ1) is 10.5. The molecule has 0 amide bonds. The second-order valence-corrected chi connectivity index (χ2v) is 5.94. The average Bonchev–Trinajstić information content (AvgIpc) is 2.55. The van der Waals surface area contributed by atoms with Crippen molar-refractivity contribution in [1.82, 2.24) is 0 Å². The van der Waals surface area contributed by atoms with E-state index in [1.54, 1.807) is 0 Å². The molecule has 3 rings (SSSR count). The molecule has 2 aromatic carbocycles. The first kappa shape index (κ1) is 14.8. The van der Waals surface area contributed by atoms with E-state index in [0.29, 0.717) is 0 Å². The lowest BCUT2D eigenvalue weighted by Crippen LogP contribution is -2.61. The van der Waals surface area contributed by atoms with Gasteiger partial charge in [-0.2, -0.15) is 0 Å². The smallest absolute Gasteiger partial charge is 0.302 e. The van der Waals surface area contributed by atoms with Gasteiger partial charge in [-0.1, -0.05) is 67.6 Å². The molecular weight excluding hydrogens is 276 g/mol. The molecule has 4 atom stereocenters. The van der Waals surface area contributed by atoms with Gasteiger partial charge in [0, 0.05) is 12.8 Å². The predicted octanol–water partition coefficient (Wildman–Crippen LogP) is 3.24. The van der Waals surface area contributed by atoms with Gasteiger partial charge in [0.15, 0.2) is 0 Å². The van der Waals surface area contributed by atoms with Gasteiger partial charge in [-0.25, -0.2) is 0 Å². The minimum Gasteiger partial charge on any atom is -0.461 e. The molecule has 1 saturated carbocycles. The maximum Gasteiger partial charge on any atom is 0.302 e. The van der Waals surface area contributed by atoms with E-state index in [1.165, 1.54) is 6.92 Å². The highest BCUT2D eigenvalue weighted by Gasteiger charge is 2.62. The van der Waals surface area contributed by atoms with E-state index >= 15 is 0 Å². The van der Waals surface area contributed by atoms with E-state index in [1.807, 2.05) is 67.6 Å². The Bertz CT molecular complexity index is 653. The van der Waals surface area contributed by atoms with Gasteiger partial charge in [0.2, 0.25) is 0 Å². The van der Waals surface area contributed by atoms with Crippen LogP contribution in [0, 0.1) is 5.92 Å². The number of carbonyl (C=O) groups excluding carboxylic acids is 1. The number of rotatable bonds is 3. The monoisotopic (exact) mass is 296 g/mol. The van der Waals surface area contributed by atoms with Gasteiger partial charge in [-0.05, 0) is 11.1 Å². The van der Waals surface area contributed by atoms with Crippen molar-refractivity contribution in [1.29, 1.82) is 0 Å². The molecule has 3 heteroatoms. The summed E-state index contributed by atoms with van der Waals surface area (Å²) in [7, 11) is 0. The van der Waals surface area contributed by atoms with E-state index < -0.39 is 5.60 Å². The van der Waals surface area contributed by atoms with Crippen molar-refractivity contribution in [2.24, 2.45) is 5.92 Å². The lowest BCUT2D eigenvalue weighted by Gasteiger charge is -2.56. The predicted molar refractivity (Wildman–Crippen MR) is 84.2 cm³/mol. The first-order valence-electron chi connectivity index (χ1n) is 7.55. The van der Waals surface area contributed by atoms with E-state index in [0.717, 1.165) is 11.1 Å². The number of hydrogen-bond donors (Lipinski definition) is 1. The normalized spacial score (nSPS) is 30.4. The van der Waals surface area contributed by atoms with Crippen LogP contribution in [0.25, 0.3) is 0 Å². The zero-order valence-electron chi connectivity index (χ0n) is 12.8. The van der Waals surface area contributed by atoms with Crippen molar-refractivity contribution in [3.05, 3.63) is 71.8 Å². The Labute approximate surface area is 130 Å². The molecule has 1 N–H and O–H groups in total. The molecule has 0 aliphatic heterocycles. The fourth-order valence-electron chi connectivity index (χ4n) is 3.57. The quantitative estimate of drug-likeness (QED) is 0.885. The molecular formula is C19H20O3. The van der Waals surface area contributed by atoms with Crippen molar-refractivity contribution in [2.75, 3.05) is 0 Å². The molecule has 1 aliphatic carbocycles. The molecule has 0 unspecified atom stereocenters. The van der Waals surface area contributed by atoms with Crippen LogP contribution in [0.3, 0.4) is 0 Å². The molecule has 1 aliphatic rings. The second-order valence-electron chi connectivity index (χ2n) is 5.94. The van der Waals surface area contributed by atoms with Crippen molar-refractivity contribution >= 4 is 5.97 Å². The first-order valence-corrected chi connectivity index (χ1v) is 7.55. The molecule has 0 aromatic heterocycles. The number of hydrogen-bond acceptors (Lipinski definition) is 3. The fraction of sp³-hybridized carbons (Fsp3) is 0.316. The number of carbonyl (C=O) groups is 1. The second kappa shape index (κ2) is 5.58. The maximum absolute atomic E-state index is 11.4. The largest absolute Gasteiger partial charge is 0.461 e. The van der Waals surface area contributed by atoms with Gasteiger partial charge in [-0.3, -0.25) is 4.79 Å². The summed E-state index contributed by atoms with van der Waals surface area (Å²) < 4.78 is 5.48. The van der Waals surface area contributed by atoms with Crippen LogP contribution < -0.4 is 0 Å². The molecule has 2 aromatic rings. The Kier molecular flexibility index (Phi) is 3.75. The number of esters is 1. The molecule has 22 heavy (non-hydrogen) atoms. The van der Waals surface area contributed by atoms with Crippen molar-refractivity contribution in [2.45, 2.75) is 31.5 Å². The molecule has 0 spiro atoms. The van der Waals surface area contributed by atoms with Crippen LogP contribution in [0.1, 0.15) is 30.9 Å². The fourth-order valence-corrected chi connectivity index (χ4v) is 3.57. The number of ether oxygens (including phenoxy) is 1. The van der Waals surface area contributed by atoms with Gasteiger partial charge >= 0.3 is 5.97 Å². The van der Waals surface area contributed by atoms with Crippen LogP contribution in [0.4, 0.5) is 0 Å². The van der Waals surface area contributed by atoms with Crippen LogP contribution >= 0.6 is 0 Å². The minimum absolute atomic E-state index is 0.163. The van der Waals surface area contributed by atoms with Gasteiger partial charge < -0.3 is 9.84 Å². The minimum atomic E-state index is -1.03. The van der Waals surface area contributed by atoms with Gasteiger partial charge in [-0.15, -0.1) is 0 Å². The summed E-state index contributed by atoms with van der Waals surface area (Å²) >= 11 is 0. The summed E-state index contributed by atoms with van der Waals surface area (Å²) in [6, 6.07) is 19.4. The lowest BCUT2D eigenvalue weighted by atomic mass is 9.54. The van der Waals surface area contributed by atoms with Crippen molar-refractivity contribution in [3.8, 4) is 0 Å². The third kappa shape index (κ3) is 2.22. The van der Waals surface area contributed by atoms with Crippen LogP contribution in [-0.2, 0) is 15.1 Å². The van der Waals surface area contributed by atoms with Crippen molar-refractivity contribution < 1.29 is 14.6 Å². The summed E-state index contributed by atoms with van der Waals surface area (Å²) in [5.74, 6) is -0.730. The zero-order valence-corrected chi connectivity index (χ0v) is 12.8. The summed E-state index contributed by atoms with van der Waals surface area (Å²) in [5, 5.41) is 11.4. The summed E-state index contributed by atoms with van der Waals surface area (Å²) in [6.45, 7) is 3.34. The third-order valence-electron chi connectivity index (χ3n) is 4.69. The number of benzene rings is 2. The Morgan fingerprint density at radius 1 is 1.05 bits per heavy atom. The SMILES string of the molecule is CC(=O)O[C@H]1[C@H](C)[C@@](O)(c2ccccc2)[C@H]1c1ccccc1. The Morgan fingerprint density at radius 3 is 2.14 bits per heavy atom. The summed E-state index contributed by atoms with van der Waals surface area (Å²) in [6.07, 6.45) is -0.315. The van der Waals surface area contributed by atoms with E-state index in [-0.39, 0.29) is 23.9 Å². The van der Waals surface area contributed by atoms with E-state index in [2.05, 4.69) is 0 Å².